The van der Waals surface area contributed by atoms with E-state index < -0.39 is 0 Å². The molecule has 0 rings (SSSR count). The number of hydrogen-bond acceptors (Lipinski definition) is 2. The molecule has 0 aliphatic carbocycles. The second-order valence-corrected chi connectivity index (χ2v) is 4.18. The van der Waals surface area contributed by atoms with Gasteiger partial charge in [0.15, 0.2) is 0 Å². The highest BCUT2D eigenvalue weighted by atomic mass is 16.3. The maximum absolute atomic E-state index is 9.43. The molecule has 0 bridgehead atoms. The Balaban J connectivity index is 4.24. The highest BCUT2D eigenvalue weighted by Crippen LogP contribution is 2.17. The van der Waals surface area contributed by atoms with Crippen molar-refractivity contribution in [3.8, 4) is 0 Å². The molecule has 0 spiro atoms. The molecule has 2 N–H and O–H groups in total. The van der Waals surface area contributed by atoms with Gasteiger partial charge in [-0.25, -0.2) is 0 Å². The summed E-state index contributed by atoms with van der Waals surface area (Å²) < 4.78 is 0. The summed E-state index contributed by atoms with van der Waals surface area (Å²) in [6.45, 7) is 8.96. The van der Waals surface area contributed by atoms with Gasteiger partial charge in [-0.15, -0.1) is 0 Å². The number of nitrogens with one attached hydrogen (secondary N) is 1. The van der Waals surface area contributed by atoms with Gasteiger partial charge in [0.05, 0.1) is 6.61 Å². The lowest BCUT2D eigenvalue weighted by atomic mass is 9.91. The summed E-state index contributed by atoms with van der Waals surface area (Å²) in [5, 5.41) is 13.0. The third-order valence-electron chi connectivity index (χ3n) is 3.30. The normalized spacial score (nSPS) is 14.4. The van der Waals surface area contributed by atoms with Gasteiger partial charge in [-0.2, -0.15) is 0 Å². The van der Waals surface area contributed by atoms with Crippen LogP contribution >= 0.6 is 0 Å². The van der Waals surface area contributed by atoms with Crippen molar-refractivity contribution in [1.82, 2.24) is 5.32 Å². The molecule has 0 aromatic heterocycles. The summed E-state index contributed by atoms with van der Waals surface area (Å²) in [4.78, 5) is 0. The zero-order valence-electron chi connectivity index (χ0n) is 10.3. The third kappa shape index (κ3) is 3.97. The zero-order chi connectivity index (χ0) is 11.0. The van der Waals surface area contributed by atoms with Gasteiger partial charge >= 0.3 is 0 Å². The van der Waals surface area contributed by atoms with Gasteiger partial charge in [0.1, 0.15) is 0 Å². The summed E-state index contributed by atoms with van der Waals surface area (Å²) in [5.41, 5.74) is -0.0458. The standard InChI is InChI=1S/C12H27NO/c1-5-9-11(6-2)13-12(7-3,8-4)10-14/h11,13-14H,5-10H2,1-4H3. The van der Waals surface area contributed by atoms with E-state index in [0.29, 0.717) is 6.04 Å². The molecule has 1 atom stereocenters. The molecule has 2 nitrogen and oxygen atoms in total. The zero-order valence-corrected chi connectivity index (χ0v) is 10.3. The average molecular weight is 201 g/mol. The minimum atomic E-state index is -0.0458. The van der Waals surface area contributed by atoms with E-state index in [0.717, 1.165) is 19.3 Å². The van der Waals surface area contributed by atoms with Crippen LogP contribution in [0.1, 0.15) is 59.8 Å². The molecule has 2 heteroatoms. The topological polar surface area (TPSA) is 32.3 Å². The largest absolute Gasteiger partial charge is 0.394 e. The van der Waals surface area contributed by atoms with Crippen LogP contribution in [-0.2, 0) is 0 Å². The molecular formula is C12H27NO. The molecule has 0 radical (unpaired) electrons. The Hall–Kier alpha value is -0.0800. The summed E-state index contributed by atoms with van der Waals surface area (Å²) in [6, 6.07) is 0.562. The minimum absolute atomic E-state index is 0.0458. The van der Waals surface area contributed by atoms with Crippen molar-refractivity contribution in [3.05, 3.63) is 0 Å². The summed E-state index contributed by atoms with van der Waals surface area (Å²) in [6.07, 6.45) is 5.56. The van der Waals surface area contributed by atoms with Crippen molar-refractivity contribution in [1.29, 1.82) is 0 Å². The first kappa shape index (κ1) is 13.9. The van der Waals surface area contributed by atoms with E-state index in [4.69, 9.17) is 0 Å². The van der Waals surface area contributed by atoms with Crippen molar-refractivity contribution in [2.75, 3.05) is 6.61 Å². The minimum Gasteiger partial charge on any atom is -0.394 e. The van der Waals surface area contributed by atoms with Gasteiger partial charge in [0.25, 0.3) is 0 Å². The van der Waals surface area contributed by atoms with Crippen LogP contribution in [0.25, 0.3) is 0 Å². The third-order valence-corrected chi connectivity index (χ3v) is 3.30. The summed E-state index contributed by atoms with van der Waals surface area (Å²) in [5.74, 6) is 0. The van der Waals surface area contributed by atoms with E-state index in [1.807, 2.05) is 0 Å². The molecule has 0 saturated carbocycles. The smallest absolute Gasteiger partial charge is 0.0613 e. The molecule has 0 heterocycles. The second kappa shape index (κ2) is 7.24. The molecule has 0 saturated heterocycles. The highest BCUT2D eigenvalue weighted by Gasteiger charge is 2.26. The maximum atomic E-state index is 9.43. The Bertz CT molecular complexity index is 124. The van der Waals surface area contributed by atoms with Gasteiger partial charge < -0.3 is 10.4 Å². The van der Waals surface area contributed by atoms with Crippen LogP contribution in [0.3, 0.4) is 0 Å². The molecule has 14 heavy (non-hydrogen) atoms. The Morgan fingerprint density at radius 1 is 1.14 bits per heavy atom. The van der Waals surface area contributed by atoms with Crippen molar-refractivity contribution in [3.63, 3.8) is 0 Å². The van der Waals surface area contributed by atoms with E-state index in [1.165, 1.54) is 12.8 Å². The molecule has 0 aliphatic heterocycles. The number of aliphatic hydroxyl groups excluding tert-OH is 1. The van der Waals surface area contributed by atoms with E-state index in [-0.39, 0.29) is 12.1 Å². The van der Waals surface area contributed by atoms with Gasteiger partial charge in [0.2, 0.25) is 0 Å². The lowest BCUT2D eigenvalue weighted by molar-refractivity contribution is 0.134. The van der Waals surface area contributed by atoms with Gasteiger partial charge in [-0.05, 0) is 25.7 Å². The Morgan fingerprint density at radius 3 is 2.00 bits per heavy atom. The predicted molar refractivity (Wildman–Crippen MR) is 62.5 cm³/mol. The van der Waals surface area contributed by atoms with Crippen LogP contribution in [0.15, 0.2) is 0 Å². The van der Waals surface area contributed by atoms with Gasteiger partial charge in [0, 0.05) is 11.6 Å². The predicted octanol–water partition coefficient (Wildman–Crippen LogP) is 2.71. The van der Waals surface area contributed by atoms with Crippen LogP contribution in [0, 0.1) is 0 Å². The van der Waals surface area contributed by atoms with Crippen LogP contribution in [0.4, 0.5) is 0 Å². The van der Waals surface area contributed by atoms with E-state index in [2.05, 4.69) is 33.0 Å². The van der Waals surface area contributed by atoms with Crippen molar-refractivity contribution >= 4 is 0 Å². The van der Waals surface area contributed by atoms with Crippen LogP contribution in [0.2, 0.25) is 0 Å². The lowest BCUT2D eigenvalue weighted by Crippen LogP contribution is -2.52. The Kier molecular flexibility index (Phi) is 7.20. The van der Waals surface area contributed by atoms with Crippen LogP contribution < -0.4 is 5.32 Å². The molecule has 0 aromatic rings. The number of rotatable bonds is 8. The lowest BCUT2D eigenvalue weighted by Gasteiger charge is -2.35. The summed E-state index contributed by atoms with van der Waals surface area (Å²) in [7, 11) is 0. The Labute approximate surface area is 89.1 Å². The monoisotopic (exact) mass is 201 g/mol. The molecule has 0 aliphatic rings. The SMILES string of the molecule is CCCC(CC)NC(CC)(CC)CO. The number of hydrogen-bond donors (Lipinski definition) is 2. The first-order chi connectivity index (χ1) is 6.67. The molecular weight excluding hydrogens is 174 g/mol. The molecule has 86 valence electrons. The summed E-state index contributed by atoms with van der Waals surface area (Å²) >= 11 is 0. The fraction of sp³-hybridized carbons (Fsp3) is 1.00. The van der Waals surface area contributed by atoms with E-state index >= 15 is 0 Å². The van der Waals surface area contributed by atoms with E-state index in [9.17, 15) is 5.11 Å². The quantitative estimate of drug-likeness (QED) is 0.633. The van der Waals surface area contributed by atoms with Crippen molar-refractivity contribution < 1.29 is 5.11 Å². The van der Waals surface area contributed by atoms with Crippen LogP contribution in [0.5, 0.6) is 0 Å². The van der Waals surface area contributed by atoms with Gasteiger partial charge in [-0.1, -0.05) is 34.1 Å². The molecule has 0 aromatic carbocycles. The molecule has 0 fully saturated rings. The number of aliphatic hydroxyl groups is 1. The van der Waals surface area contributed by atoms with E-state index in [1.54, 1.807) is 0 Å². The van der Waals surface area contributed by atoms with Crippen molar-refractivity contribution in [2.24, 2.45) is 0 Å². The highest BCUT2D eigenvalue weighted by molar-refractivity contribution is 4.87. The fourth-order valence-electron chi connectivity index (χ4n) is 1.88. The van der Waals surface area contributed by atoms with Crippen LogP contribution in [-0.4, -0.2) is 23.3 Å². The molecule has 1 unspecified atom stereocenters. The van der Waals surface area contributed by atoms with Gasteiger partial charge in [-0.3, -0.25) is 0 Å². The first-order valence-electron chi connectivity index (χ1n) is 6.06. The first-order valence-corrected chi connectivity index (χ1v) is 6.06. The second-order valence-electron chi connectivity index (χ2n) is 4.18. The molecule has 0 amide bonds. The maximum Gasteiger partial charge on any atom is 0.0613 e. The fourth-order valence-corrected chi connectivity index (χ4v) is 1.88. The average Bonchev–Trinajstić information content (AvgIpc) is 2.25. The Morgan fingerprint density at radius 2 is 1.71 bits per heavy atom. The van der Waals surface area contributed by atoms with Crippen molar-refractivity contribution in [2.45, 2.75) is 71.4 Å².